The monoisotopic (exact) mass is 309 g/mol. The van der Waals surface area contributed by atoms with Crippen LogP contribution in [0.4, 0.5) is 0 Å². The Balaban J connectivity index is 1.79. The first kappa shape index (κ1) is 14.8. The first-order chi connectivity index (χ1) is 11.2. The van der Waals surface area contributed by atoms with Gasteiger partial charge in [-0.2, -0.15) is 0 Å². The summed E-state index contributed by atoms with van der Waals surface area (Å²) in [5.74, 6) is 0.406. The van der Waals surface area contributed by atoms with Crippen LogP contribution in [-0.4, -0.2) is 23.0 Å². The lowest BCUT2D eigenvalue weighted by atomic mass is 10.2. The number of H-pyrrole nitrogens is 1. The highest BCUT2D eigenvalue weighted by Gasteiger charge is 2.10. The molecule has 0 saturated heterocycles. The largest absolute Gasteiger partial charge is 0.496 e. The Hall–Kier alpha value is -3.15. The molecule has 3 aromatic rings. The van der Waals surface area contributed by atoms with E-state index in [0.717, 1.165) is 5.56 Å². The summed E-state index contributed by atoms with van der Waals surface area (Å²) in [5, 5.41) is 3.25. The maximum Gasteiger partial charge on any atom is 0.270 e. The van der Waals surface area contributed by atoms with Gasteiger partial charge in [-0.15, -0.1) is 0 Å². The second-order valence-electron chi connectivity index (χ2n) is 4.93. The van der Waals surface area contributed by atoms with Crippen LogP contribution in [-0.2, 0) is 6.54 Å². The van der Waals surface area contributed by atoms with E-state index in [0.29, 0.717) is 23.2 Å². The Bertz CT molecular complexity index is 918. The molecule has 0 unspecified atom stereocenters. The number of amides is 1. The van der Waals surface area contributed by atoms with Crippen LogP contribution < -0.4 is 15.6 Å². The van der Waals surface area contributed by atoms with E-state index in [1.54, 1.807) is 19.2 Å². The van der Waals surface area contributed by atoms with Crippen molar-refractivity contribution in [3.05, 3.63) is 70.3 Å². The smallest absolute Gasteiger partial charge is 0.270 e. The lowest BCUT2D eigenvalue weighted by Gasteiger charge is -2.09. The third kappa shape index (κ3) is 3.06. The minimum absolute atomic E-state index is 0.226. The number of ether oxygens (including phenoxy) is 1. The Labute approximate surface area is 132 Å². The van der Waals surface area contributed by atoms with Gasteiger partial charge in [-0.05, 0) is 24.3 Å². The number of pyridine rings is 2. The molecule has 0 aliphatic heterocycles. The molecule has 3 rings (SSSR count). The summed E-state index contributed by atoms with van der Waals surface area (Å²) in [4.78, 5) is 30.7. The number of carbonyl (C=O) groups excluding carboxylic acids is 1. The third-order valence-corrected chi connectivity index (χ3v) is 3.49. The molecule has 0 aliphatic rings. The van der Waals surface area contributed by atoms with Gasteiger partial charge in [-0.25, -0.2) is 4.98 Å². The van der Waals surface area contributed by atoms with Crippen LogP contribution in [0.15, 0.2) is 53.5 Å². The molecule has 0 bridgehead atoms. The van der Waals surface area contributed by atoms with E-state index in [2.05, 4.69) is 15.3 Å². The van der Waals surface area contributed by atoms with Gasteiger partial charge >= 0.3 is 0 Å². The molecule has 116 valence electrons. The lowest BCUT2D eigenvalue weighted by molar-refractivity contribution is 0.0946. The maximum absolute atomic E-state index is 12.2. The van der Waals surface area contributed by atoms with Gasteiger partial charge in [0.2, 0.25) is 0 Å². The standard InChI is InChI=1S/C17H15N3O3/c1-23-15-5-3-2-4-11(15)10-19-17(22)14-7-6-12-13(20-14)8-9-18-16(12)21/h2-9H,10H2,1H3,(H,18,21)(H,19,22). The molecule has 1 amide bonds. The van der Waals surface area contributed by atoms with Crippen molar-refractivity contribution in [2.45, 2.75) is 6.54 Å². The molecule has 0 radical (unpaired) electrons. The zero-order valence-electron chi connectivity index (χ0n) is 12.5. The van der Waals surface area contributed by atoms with Gasteiger partial charge in [-0.3, -0.25) is 9.59 Å². The highest BCUT2D eigenvalue weighted by atomic mass is 16.5. The maximum atomic E-state index is 12.2. The topological polar surface area (TPSA) is 84.1 Å². The number of nitrogens with one attached hydrogen (secondary N) is 2. The van der Waals surface area contributed by atoms with E-state index < -0.39 is 0 Å². The number of para-hydroxylation sites is 1. The minimum atomic E-state index is -0.307. The number of rotatable bonds is 4. The average molecular weight is 309 g/mol. The Morgan fingerprint density at radius 2 is 2.04 bits per heavy atom. The summed E-state index contributed by atoms with van der Waals surface area (Å²) in [5.41, 5.74) is 1.40. The molecule has 1 aromatic carbocycles. The molecule has 6 nitrogen and oxygen atoms in total. The van der Waals surface area contributed by atoms with Crippen molar-refractivity contribution >= 4 is 16.8 Å². The molecule has 0 spiro atoms. The summed E-state index contributed by atoms with van der Waals surface area (Å²) in [7, 11) is 1.59. The van der Waals surface area contributed by atoms with Crippen molar-refractivity contribution in [3.8, 4) is 5.75 Å². The first-order valence-electron chi connectivity index (χ1n) is 7.07. The van der Waals surface area contributed by atoms with Crippen molar-refractivity contribution in [2.24, 2.45) is 0 Å². The zero-order valence-corrected chi connectivity index (χ0v) is 12.5. The molecule has 2 aromatic heterocycles. The predicted octanol–water partition coefficient (Wildman–Crippen LogP) is 1.86. The number of carbonyl (C=O) groups is 1. The Morgan fingerprint density at radius 3 is 2.87 bits per heavy atom. The fourth-order valence-corrected chi connectivity index (χ4v) is 2.31. The normalized spacial score (nSPS) is 10.5. The van der Waals surface area contributed by atoms with Gasteiger partial charge in [0.05, 0.1) is 18.0 Å². The number of hydrogen-bond acceptors (Lipinski definition) is 4. The van der Waals surface area contributed by atoms with Crippen molar-refractivity contribution in [1.29, 1.82) is 0 Å². The zero-order chi connectivity index (χ0) is 16.2. The number of hydrogen-bond donors (Lipinski definition) is 2. The van der Waals surface area contributed by atoms with Crippen LogP contribution in [0.1, 0.15) is 16.1 Å². The van der Waals surface area contributed by atoms with Gasteiger partial charge < -0.3 is 15.0 Å². The van der Waals surface area contributed by atoms with Crippen LogP contribution in [0.5, 0.6) is 5.75 Å². The first-order valence-corrected chi connectivity index (χ1v) is 7.07. The fourth-order valence-electron chi connectivity index (χ4n) is 2.31. The summed E-state index contributed by atoms with van der Waals surface area (Å²) in [6.45, 7) is 0.331. The van der Waals surface area contributed by atoms with Gasteiger partial charge in [-0.1, -0.05) is 18.2 Å². The van der Waals surface area contributed by atoms with Crippen LogP contribution in [0.3, 0.4) is 0 Å². The Kier molecular flexibility index (Phi) is 4.05. The molecule has 23 heavy (non-hydrogen) atoms. The van der Waals surface area contributed by atoms with Crippen molar-refractivity contribution in [3.63, 3.8) is 0 Å². The minimum Gasteiger partial charge on any atom is -0.496 e. The number of aromatic amines is 1. The molecule has 2 heterocycles. The highest BCUT2D eigenvalue weighted by molar-refractivity contribution is 5.94. The predicted molar refractivity (Wildman–Crippen MR) is 86.5 cm³/mol. The van der Waals surface area contributed by atoms with Gasteiger partial charge in [0, 0.05) is 18.3 Å². The van der Waals surface area contributed by atoms with E-state index in [4.69, 9.17) is 4.74 Å². The second-order valence-corrected chi connectivity index (χ2v) is 4.93. The summed E-state index contributed by atoms with van der Waals surface area (Å²) < 4.78 is 5.25. The third-order valence-electron chi connectivity index (χ3n) is 3.49. The number of aromatic nitrogens is 2. The molecule has 2 N–H and O–H groups in total. The van der Waals surface area contributed by atoms with E-state index in [-0.39, 0.29) is 17.2 Å². The summed E-state index contributed by atoms with van der Waals surface area (Å²) in [6.07, 6.45) is 1.51. The molecule has 0 aliphatic carbocycles. The van der Waals surface area contributed by atoms with Crippen LogP contribution in [0, 0.1) is 0 Å². The lowest BCUT2D eigenvalue weighted by Crippen LogP contribution is -2.24. The molecular formula is C17H15N3O3. The van der Waals surface area contributed by atoms with Crippen molar-refractivity contribution < 1.29 is 9.53 Å². The second kappa shape index (κ2) is 6.31. The van der Waals surface area contributed by atoms with Gasteiger partial charge in [0.15, 0.2) is 0 Å². The summed E-state index contributed by atoms with van der Waals surface area (Å²) >= 11 is 0. The van der Waals surface area contributed by atoms with Crippen LogP contribution >= 0.6 is 0 Å². The number of methoxy groups -OCH3 is 1. The van der Waals surface area contributed by atoms with Crippen LogP contribution in [0.2, 0.25) is 0 Å². The molecule has 0 fully saturated rings. The Morgan fingerprint density at radius 1 is 1.22 bits per heavy atom. The van der Waals surface area contributed by atoms with E-state index in [9.17, 15) is 9.59 Å². The van der Waals surface area contributed by atoms with E-state index in [1.165, 1.54) is 12.3 Å². The van der Waals surface area contributed by atoms with Crippen molar-refractivity contribution in [1.82, 2.24) is 15.3 Å². The fraction of sp³-hybridized carbons (Fsp3) is 0.118. The number of fused-ring (bicyclic) bond motifs is 1. The molecule has 0 atom stereocenters. The van der Waals surface area contributed by atoms with E-state index in [1.807, 2.05) is 24.3 Å². The molecule has 6 heteroatoms. The number of benzene rings is 1. The van der Waals surface area contributed by atoms with E-state index >= 15 is 0 Å². The highest BCUT2D eigenvalue weighted by Crippen LogP contribution is 2.17. The van der Waals surface area contributed by atoms with Gasteiger partial charge in [0.1, 0.15) is 11.4 Å². The summed E-state index contributed by atoms with van der Waals surface area (Å²) in [6, 6.07) is 12.3. The molecular weight excluding hydrogens is 294 g/mol. The van der Waals surface area contributed by atoms with Crippen LogP contribution in [0.25, 0.3) is 10.9 Å². The van der Waals surface area contributed by atoms with Crippen molar-refractivity contribution in [2.75, 3.05) is 7.11 Å². The average Bonchev–Trinajstić information content (AvgIpc) is 2.59. The molecule has 0 saturated carbocycles. The number of nitrogens with zero attached hydrogens (tertiary/aromatic N) is 1. The quantitative estimate of drug-likeness (QED) is 0.770. The van der Waals surface area contributed by atoms with Gasteiger partial charge in [0.25, 0.3) is 11.5 Å². The SMILES string of the molecule is COc1ccccc1CNC(=O)c1ccc2c(=O)[nH]ccc2n1.